The highest BCUT2D eigenvalue weighted by molar-refractivity contribution is 5.98. The molecule has 0 bridgehead atoms. The Morgan fingerprint density at radius 2 is 1.97 bits per heavy atom. The van der Waals surface area contributed by atoms with Gasteiger partial charge < -0.3 is 15.6 Å². The number of nitrogens with zero attached hydrogens (tertiary/aromatic N) is 4. The lowest BCUT2D eigenvalue weighted by atomic mass is 10.1. The molecule has 1 aliphatic heterocycles. The van der Waals surface area contributed by atoms with Gasteiger partial charge in [0, 0.05) is 25.0 Å². The summed E-state index contributed by atoms with van der Waals surface area (Å²) in [5, 5.41) is 13.0. The summed E-state index contributed by atoms with van der Waals surface area (Å²) in [6, 6.07) is 10.3. The quantitative estimate of drug-likeness (QED) is 0.675. The number of carboxylic acids is 1. The minimum Gasteiger partial charge on any atom is -0.485 e. The summed E-state index contributed by atoms with van der Waals surface area (Å²) >= 11 is 0. The maximum Gasteiger partial charge on any atom is 0.356 e. The van der Waals surface area contributed by atoms with Gasteiger partial charge in [0.2, 0.25) is 5.91 Å². The van der Waals surface area contributed by atoms with E-state index in [1.54, 1.807) is 31.0 Å². The number of benzene rings is 1. The molecule has 4 rings (SSSR count). The second-order valence-corrected chi connectivity index (χ2v) is 7.19. The predicted octanol–water partition coefficient (Wildman–Crippen LogP) is 1.76. The van der Waals surface area contributed by atoms with Crippen molar-refractivity contribution in [2.75, 3.05) is 11.9 Å². The third kappa shape index (κ3) is 3.62. The number of rotatable bonds is 4. The van der Waals surface area contributed by atoms with E-state index in [0.717, 1.165) is 16.7 Å². The number of carboxylic acid groups (broad SMARTS) is 1. The molecule has 0 saturated carbocycles. The number of carbonyl (C=O) groups is 2. The minimum absolute atomic E-state index is 0.0140. The lowest BCUT2D eigenvalue weighted by molar-refractivity contribution is -0.120. The molecule has 0 unspecified atom stereocenters. The van der Waals surface area contributed by atoms with E-state index in [0.29, 0.717) is 18.1 Å². The molecular formula is C21H21N5O4. The van der Waals surface area contributed by atoms with Crippen LogP contribution in [0.3, 0.4) is 0 Å². The summed E-state index contributed by atoms with van der Waals surface area (Å²) < 4.78 is 7.46. The monoisotopic (exact) mass is 407 g/mol. The van der Waals surface area contributed by atoms with Crippen LogP contribution in [-0.2, 0) is 11.3 Å². The Morgan fingerprint density at radius 3 is 2.63 bits per heavy atom. The Kier molecular flexibility index (Phi) is 4.96. The van der Waals surface area contributed by atoms with Crippen LogP contribution in [0, 0.1) is 0 Å². The molecular weight excluding hydrogens is 386 g/mol. The molecule has 9 nitrogen and oxygen atoms in total. The van der Waals surface area contributed by atoms with Gasteiger partial charge >= 0.3 is 5.97 Å². The summed E-state index contributed by atoms with van der Waals surface area (Å²) in [6.45, 7) is 2.22. The van der Waals surface area contributed by atoms with Crippen LogP contribution in [0.25, 0.3) is 11.1 Å². The van der Waals surface area contributed by atoms with E-state index in [1.807, 2.05) is 30.3 Å². The van der Waals surface area contributed by atoms with Crippen LogP contribution in [0.2, 0.25) is 0 Å². The molecule has 9 heteroatoms. The van der Waals surface area contributed by atoms with Crippen molar-refractivity contribution in [3.05, 3.63) is 60.0 Å². The smallest absolute Gasteiger partial charge is 0.356 e. The van der Waals surface area contributed by atoms with Crippen LogP contribution in [0.1, 0.15) is 23.0 Å². The summed E-state index contributed by atoms with van der Waals surface area (Å²) in [4.78, 5) is 29.1. The van der Waals surface area contributed by atoms with E-state index in [-0.39, 0.29) is 11.6 Å². The standard InChI is InChI=1S/C21H21N5O4/c1-12-18(22)20(27)25(2)19-17(30-12)9-15(10-23-19)14-5-3-13(4-6-14)11-26-8-7-16(24-26)21(28)29/h3-10,12,18H,11,22H2,1-2H3,(H,28,29)/t12-,18+/m1/s1. The van der Waals surface area contributed by atoms with Gasteiger partial charge in [0.1, 0.15) is 12.1 Å². The molecule has 3 aromatic rings. The molecule has 0 spiro atoms. The summed E-state index contributed by atoms with van der Waals surface area (Å²) in [5.74, 6) is -0.348. The molecule has 0 saturated heterocycles. The number of amides is 1. The third-order valence-electron chi connectivity index (χ3n) is 5.08. The van der Waals surface area contributed by atoms with Gasteiger partial charge in [0.15, 0.2) is 17.3 Å². The number of pyridine rings is 1. The van der Waals surface area contributed by atoms with Gasteiger partial charge in [-0.2, -0.15) is 5.10 Å². The Labute approximate surface area is 172 Å². The zero-order valence-electron chi connectivity index (χ0n) is 16.5. The highest BCUT2D eigenvalue weighted by Gasteiger charge is 2.32. The third-order valence-corrected chi connectivity index (χ3v) is 5.08. The first kappa shape index (κ1) is 19.6. The van der Waals surface area contributed by atoms with Gasteiger partial charge in [-0.05, 0) is 30.2 Å². The average molecular weight is 407 g/mol. The van der Waals surface area contributed by atoms with Gasteiger partial charge in [0.25, 0.3) is 0 Å². The van der Waals surface area contributed by atoms with Crippen LogP contribution in [0.4, 0.5) is 5.82 Å². The molecule has 154 valence electrons. The molecule has 3 N–H and O–H groups in total. The molecule has 1 aliphatic rings. The zero-order valence-corrected chi connectivity index (χ0v) is 16.5. The number of hydrogen-bond donors (Lipinski definition) is 2. The Bertz CT molecular complexity index is 1110. The number of aromatic nitrogens is 3. The van der Waals surface area contributed by atoms with Crippen molar-refractivity contribution in [1.29, 1.82) is 0 Å². The molecule has 1 aromatic carbocycles. The van der Waals surface area contributed by atoms with Crippen molar-refractivity contribution < 1.29 is 19.4 Å². The van der Waals surface area contributed by atoms with E-state index in [1.165, 1.54) is 11.0 Å². The van der Waals surface area contributed by atoms with Crippen LogP contribution in [0.5, 0.6) is 5.75 Å². The van der Waals surface area contributed by atoms with E-state index in [4.69, 9.17) is 15.6 Å². The lowest BCUT2D eigenvalue weighted by Crippen LogP contribution is -2.48. The molecule has 3 heterocycles. The van der Waals surface area contributed by atoms with Gasteiger partial charge in [-0.3, -0.25) is 14.4 Å². The summed E-state index contributed by atoms with van der Waals surface area (Å²) in [5.41, 5.74) is 8.72. The Balaban J connectivity index is 1.57. The van der Waals surface area contributed by atoms with E-state index < -0.39 is 18.1 Å². The number of fused-ring (bicyclic) bond motifs is 1. The second-order valence-electron chi connectivity index (χ2n) is 7.19. The molecule has 30 heavy (non-hydrogen) atoms. The highest BCUT2D eigenvalue weighted by Crippen LogP contribution is 2.34. The van der Waals surface area contributed by atoms with E-state index >= 15 is 0 Å². The number of nitrogens with two attached hydrogens (primary N) is 1. The first-order valence-electron chi connectivity index (χ1n) is 9.39. The van der Waals surface area contributed by atoms with E-state index in [2.05, 4.69) is 10.1 Å². The molecule has 1 amide bonds. The second kappa shape index (κ2) is 7.60. The van der Waals surface area contributed by atoms with Crippen molar-refractivity contribution in [1.82, 2.24) is 14.8 Å². The van der Waals surface area contributed by atoms with Gasteiger partial charge in [-0.15, -0.1) is 0 Å². The average Bonchev–Trinajstić information content (AvgIpc) is 3.19. The first-order valence-corrected chi connectivity index (χ1v) is 9.39. The fraction of sp³-hybridized carbons (Fsp3) is 0.238. The number of aromatic carboxylic acids is 1. The van der Waals surface area contributed by atoms with Crippen LogP contribution in [-0.4, -0.2) is 50.9 Å². The number of anilines is 1. The van der Waals surface area contributed by atoms with Crippen molar-refractivity contribution in [2.24, 2.45) is 5.73 Å². The number of hydrogen-bond acceptors (Lipinski definition) is 6. The molecule has 0 aliphatic carbocycles. The topological polar surface area (TPSA) is 124 Å². The molecule has 0 radical (unpaired) electrons. The summed E-state index contributed by atoms with van der Waals surface area (Å²) in [7, 11) is 1.63. The number of likely N-dealkylation sites (N-methyl/N-ethyl adjacent to an activating group) is 1. The van der Waals surface area contributed by atoms with Crippen LogP contribution >= 0.6 is 0 Å². The summed E-state index contributed by atoms with van der Waals surface area (Å²) in [6.07, 6.45) is 2.86. The zero-order chi connectivity index (χ0) is 21.4. The van der Waals surface area contributed by atoms with Gasteiger partial charge in [0.05, 0.1) is 6.54 Å². The minimum atomic E-state index is -1.05. The Hall–Kier alpha value is -3.72. The fourth-order valence-corrected chi connectivity index (χ4v) is 3.29. The largest absolute Gasteiger partial charge is 0.485 e. The fourth-order valence-electron chi connectivity index (χ4n) is 3.29. The number of carbonyl (C=O) groups excluding carboxylic acids is 1. The highest BCUT2D eigenvalue weighted by atomic mass is 16.5. The van der Waals surface area contributed by atoms with Crippen LogP contribution < -0.4 is 15.4 Å². The van der Waals surface area contributed by atoms with Crippen molar-refractivity contribution >= 4 is 17.7 Å². The predicted molar refractivity (Wildman–Crippen MR) is 109 cm³/mol. The van der Waals surface area contributed by atoms with Gasteiger partial charge in [-0.1, -0.05) is 24.3 Å². The molecule has 2 aromatic heterocycles. The molecule has 0 fully saturated rings. The first-order chi connectivity index (χ1) is 14.3. The Morgan fingerprint density at radius 1 is 1.23 bits per heavy atom. The SMILES string of the molecule is C[C@H]1Oc2cc(-c3ccc(Cn4ccc(C(=O)O)n4)cc3)cnc2N(C)C(=O)[C@H]1N. The normalized spacial score (nSPS) is 18.5. The van der Waals surface area contributed by atoms with Crippen molar-refractivity contribution in [3.8, 4) is 16.9 Å². The van der Waals surface area contributed by atoms with Crippen LogP contribution in [0.15, 0.2) is 48.8 Å². The van der Waals surface area contributed by atoms with E-state index in [9.17, 15) is 9.59 Å². The van der Waals surface area contributed by atoms with Crippen molar-refractivity contribution in [2.45, 2.75) is 25.6 Å². The maximum absolute atomic E-state index is 12.3. The van der Waals surface area contributed by atoms with Crippen molar-refractivity contribution in [3.63, 3.8) is 0 Å². The maximum atomic E-state index is 12.3. The number of ether oxygens (including phenoxy) is 1. The molecule has 2 atom stereocenters. The lowest BCUT2D eigenvalue weighted by Gasteiger charge is -2.17. The van der Waals surface area contributed by atoms with Gasteiger partial charge in [-0.25, -0.2) is 9.78 Å².